The summed E-state index contributed by atoms with van der Waals surface area (Å²) >= 11 is 1.68. The van der Waals surface area contributed by atoms with Crippen LogP contribution in [-0.2, 0) is 11.2 Å². The zero-order chi connectivity index (χ0) is 14.5. The van der Waals surface area contributed by atoms with Crippen LogP contribution in [0.15, 0.2) is 47.8 Å². The summed E-state index contributed by atoms with van der Waals surface area (Å²) in [6, 6.07) is 14.4. The molecule has 0 bridgehead atoms. The molecule has 4 heteroatoms. The quantitative estimate of drug-likeness (QED) is 0.941. The van der Waals surface area contributed by atoms with Crippen molar-refractivity contribution in [2.24, 2.45) is 0 Å². The highest BCUT2D eigenvalue weighted by Gasteiger charge is 2.27. The second-order valence-electron chi connectivity index (χ2n) is 5.33. The highest BCUT2D eigenvalue weighted by atomic mass is 32.1. The van der Waals surface area contributed by atoms with Gasteiger partial charge in [-0.3, -0.25) is 4.79 Å². The van der Waals surface area contributed by atoms with Crippen molar-refractivity contribution < 1.29 is 4.79 Å². The Bertz CT molecular complexity index is 562. The van der Waals surface area contributed by atoms with Gasteiger partial charge in [-0.15, -0.1) is 11.3 Å². The number of hydrogen-bond acceptors (Lipinski definition) is 3. The standard InChI is InChI=1S/C17H20N2OS/c20-17(19-10-8-18-9-11-19)15(16-7-4-12-21-16)13-14-5-2-1-3-6-14/h1-7,12,15,18H,8-11,13H2. The number of carbonyl (C=O) groups is 1. The molecule has 2 heterocycles. The molecule has 2 aromatic rings. The predicted octanol–water partition coefficient (Wildman–Crippen LogP) is 2.51. The van der Waals surface area contributed by atoms with E-state index < -0.39 is 0 Å². The van der Waals surface area contributed by atoms with Crippen LogP contribution in [0.4, 0.5) is 0 Å². The second-order valence-corrected chi connectivity index (χ2v) is 6.31. The molecule has 0 spiro atoms. The Balaban J connectivity index is 1.80. The van der Waals surface area contributed by atoms with E-state index in [-0.39, 0.29) is 11.8 Å². The van der Waals surface area contributed by atoms with Crippen molar-refractivity contribution in [3.8, 4) is 0 Å². The number of nitrogens with one attached hydrogen (secondary N) is 1. The molecule has 1 aromatic carbocycles. The molecule has 0 saturated carbocycles. The van der Waals surface area contributed by atoms with Gasteiger partial charge in [0.05, 0.1) is 5.92 Å². The van der Waals surface area contributed by atoms with Crippen molar-refractivity contribution in [3.05, 3.63) is 58.3 Å². The molecule has 1 saturated heterocycles. The van der Waals surface area contributed by atoms with Crippen molar-refractivity contribution in [2.45, 2.75) is 12.3 Å². The van der Waals surface area contributed by atoms with Crippen molar-refractivity contribution in [1.29, 1.82) is 0 Å². The molecular formula is C17H20N2OS. The molecule has 1 N–H and O–H groups in total. The number of carbonyl (C=O) groups excluding carboxylic acids is 1. The van der Waals surface area contributed by atoms with E-state index in [0.29, 0.717) is 0 Å². The fourth-order valence-electron chi connectivity index (χ4n) is 2.75. The smallest absolute Gasteiger partial charge is 0.231 e. The number of piperazine rings is 1. The molecule has 110 valence electrons. The first-order valence-corrected chi connectivity index (χ1v) is 8.29. The third-order valence-corrected chi connectivity index (χ3v) is 4.88. The first-order chi connectivity index (χ1) is 10.3. The van der Waals surface area contributed by atoms with Gasteiger partial charge in [0.2, 0.25) is 5.91 Å². The third kappa shape index (κ3) is 3.52. The highest BCUT2D eigenvalue weighted by Crippen LogP contribution is 2.27. The van der Waals surface area contributed by atoms with Gasteiger partial charge in [-0.2, -0.15) is 0 Å². The van der Waals surface area contributed by atoms with Gasteiger partial charge in [0.15, 0.2) is 0 Å². The fourth-order valence-corrected chi connectivity index (χ4v) is 3.57. The lowest BCUT2D eigenvalue weighted by atomic mass is 9.96. The van der Waals surface area contributed by atoms with Crippen LogP contribution in [0, 0.1) is 0 Å². The summed E-state index contributed by atoms with van der Waals surface area (Å²) in [6.45, 7) is 3.42. The van der Waals surface area contributed by atoms with Gasteiger partial charge in [-0.05, 0) is 23.4 Å². The minimum atomic E-state index is -0.0505. The van der Waals surface area contributed by atoms with E-state index in [1.54, 1.807) is 11.3 Å². The van der Waals surface area contributed by atoms with E-state index in [0.717, 1.165) is 32.6 Å². The Kier molecular flexibility index (Phi) is 4.68. The Morgan fingerprint density at radius 1 is 1.14 bits per heavy atom. The maximum absolute atomic E-state index is 12.9. The number of amides is 1. The van der Waals surface area contributed by atoms with Gasteiger partial charge >= 0.3 is 0 Å². The number of nitrogens with zero attached hydrogens (tertiary/aromatic N) is 1. The van der Waals surface area contributed by atoms with Crippen molar-refractivity contribution in [1.82, 2.24) is 10.2 Å². The summed E-state index contributed by atoms with van der Waals surface area (Å²) < 4.78 is 0. The molecular weight excluding hydrogens is 280 g/mol. The van der Waals surface area contributed by atoms with Gasteiger partial charge in [0, 0.05) is 31.1 Å². The topological polar surface area (TPSA) is 32.3 Å². The van der Waals surface area contributed by atoms with Crippen LogP contribution in [-0.4, -0.2) is 37.0 Å². The minimum Gasteiger partial charge on any atom is -0.340 e. The molecule has 1 aromatic heterocycles. The number of hydrogen-bond donors (Lipinski definition) is 1. The molecule has 3 rings (SSSR count). The number of thiophene rings is 1. The van der Waals surface area contributed by atoms with Crippen LogP contribution >= 0.6 is 11.3 Å². The van der Waals surface area contributed by atoms with Crippen LogP contribution in [0.25, 0.3) is 0 Å². The zero-order valence-electron chi connectivity index (χ0n) is 12.0. The summed E-state index contributed by atoms with van der Waals surface area (Å²) in [7, 11) is 0. The largest absolute Gasteiger partial charge is 0.340 e. The molecule has 1 fully saturated rings. The van der Waals surface area contributed by atoms with Crippen LogP contribution in [0.1, 0.15) is 16.4 Å². The highest BCUT2D eigenvalue weighted by molar-refractivity contribution is 7.10. The first kappa shape index (κ1) is 14.3. The lowest BCUT2D eigenvalue weighted by Gasteiger charge is -2.30. The van der Waals surface area contributed by atoms with E-state index in [2.05, 4.69) is 28.9 Å². The molecule has 1 aliphatic heterocycles. The lowest BCUT2D eigenvalue weighted by Crippen LogP contribution is -2.48. The monoisotopic (exact) mass is 300 g/mol. The molecule has 1 aliphatic rings. The van der Waals surface area contributed by atoms with Crippen LogP contribution in [0.2, 0.25) is 0 Å². The minimum absolute atomic E-state index is 0.0505. The van der Waals surface area contributed by atoms with Gasteiger partial charge in [0.1, 0.15) is 0 Å². The van der Waals surface area contributed by atoms with Crippen molar-refractivity contribution >= 4 is 17.2 Å². The van der Waals surface area contributed by atoms with Crippen LogP contribution in [0.3, 0.4) is 0 Å². The van der Waals surface area contributed by atoms with Crippen molar-refractivity contribution in [2.75, 3.05) is 26.2 Å². The fraction of sp³-hybridized carbons (Fsp3) is 0.353. The van der Waals surface area contributed by atoms with E-state index in [9.17, 15) is 4.79 Å². The number of rotatable bonds is 4. The molecule has 3 nitrogen and oxygen atoms in total. The summed E-state index contributed by atoms with van der Waals surface area (Å²) in [6.07, 6.45) is 0.782. The Labute approximate surface area is 129 Å². The summed E-state index contributed by atoms with van der Waals surface area (Å²) in [5, 5.41) is 5.36. The van der Waals surface area contributed by atoms with Crippen LogP contribution in [0.5, 0.6) is 0 Å². The average Bonchev–Trinajstić information content (AvgIpc) is 3.08. The maximum Gasteiger partial charge on any atom is 0.231 e. The maximum atomic E-state index is 12.9. The summed E-state index contributed by atoms with van der Waals surface area (Å²) in [5.41, 5.74) is 1.22. The number of benzene rings is 1. The molecule has 1 amide bonds. The molecule has 21 heavy (non-hydrogen) atoms. The van der Waals surface area contributed by atoms with E-state index in [4.69, 9.17) is 0 Å². The van der Waals surface area contributed by atoms with Crippen LogP contribution < -0.4 is 5.32 Å². The normalized spacial score (nSPS) is 16.7. The average molecular weight is 300 g/mol. The van der Waals surface area contributed by atoms with Gasteiger partial charge in [-0.1, -0.05) is 36.4 Å². The second kappa shape index (κ2) is 6.87. The third-order valence-electron chi connectivity index (χ3n) is 3.90. The van der Waals surface area contributed by atoms with Crippen molar-refractivity contribution in [3.63, 3.8) is 0 Å². The summed E-state index contributed by atoms with van der Waals surface area (Å²) in [5.74, 6) is 0.216. The Hall–Kier alpha value is -1.65. The summed E-state index contributed by atoms with van der Waals surface area (Å²) in [4.78, 5) is 16.1. The first-order valence-electron chi connectivity index (χ1n) is 7.41. The Morgan fingerprint density at radius 2 is 1.90 bits per heavy atom. The molecule has 0 aliphatic carbocycles. The zero-order valence-corrected chi connectivity index (χ0v) is 12.8. The van der Waals surface area contributed by atoms with E-state index >= 15 is 0 Å². The van der Waals surface area contributed by atoms with E-state index in [1.807, 2.05) is 29.2 Å². The van der Waals surface area contributed by atoms with Gasteiger partial charge < -0.3 is 10.2 Å². The SMILES string of the molecule is O=C(C(Cc1ccccc1)c1cccs1)N1CCNCC1. The molecule has 1 unspecified atom stereocenters. The Morgan fingerprint density at radius 3 is 2.57 bits per heavy atom. The van der Waals surface area contributed by atoms with Gasteiger partial charge in [0.25, 0.3) is 0 Å². The molecule has 0 radical (unpaired) electrons. The lowest BCUT2D eigenvalue weighted by molar-refractivity contribution is -0.133. The van der Waals surface area contributed by atoms with Gasteiger partial charge in [-0.25, -0.2) is 0 Å². The van der Waals surface area contributed by atoms with E-state index in [1.165, 1.54) is 10.4 Å². The molecule has 1 atom stereocenters. The predicted molar refractivity (Wildman–Crippen MR) is 86.7 cm³/mol.